The van der Waals surface area contributed by atoms with Crippen LogP contribution in [-0.2, 0) is 14.0 Å². The van der Waals surface area contributed by atoms with Gasteiger partial charge in [-0.15, -0.1) is 0 Å². The Labute approximate surface area is 119 Å². The van der Waals surface area contributed by atoms with Gasteiger partial charge in [0.05, 0.1) is 12.2 Å². The van der Waals surface area contributed by atoms with E-state index in [1.165, 1.54) is 0 Å². The lowest BCUT2D eigenvalue weighted by Gasteiger charge is -2.39. The lowest BCUT2D eigenvalue weighted by molar-refractivity contribution is -0.147. The average molecular weight is 289 g/mol. The normalized spacial score (nSPS) is 14.6. The van der Waals surface area contributed by atoms with Gasteiger partial charge in [-0.3, -0.25) is 4.79 Å². The third-order valence-electron chi connectivity index (χ3n) is 3.57. The summed E-state index contributed by atoms with van der Waals surface area (Å²) in [6.45, 7) is 15.1. The van der Waals surface area contributed by atoms with Crippen molar-refractivity contribution in [2.75, 3.05) is 6.54 Å². The van der Waals surface area contributed by atoms with Crippen LogP contribution in [0.1, 0.15) is 47.5 Å². The van der Waals surface area contributed by atoms with E-state index in [1.54, 1.807) is 0 Å². The topological polar surface area (TPSA) is 61.5 Å². The Morgan fingerprint density at radius 3 is 2.16 bits per heavy atom. The first-order valence-corrected chi connectivity index (χ1v) is 9.98. The van der Waals surface area contributed by atoms with Crippen LogP contribution in [0.3, 0.4) is 0 Å². The van der Waals surface area contributed by atoms with E-state index in [-0.39, 0.29) is 23.2 Å². The van der Waals surface area contributed by atoms with E-state index in [0.717, 1.165) is 0 Å². The van der Waals surface area contributed by atoms with Gasteiger partial charge in [-0.2, -0.15) is 0 Å². The number of carbonyl (C=O) groups is 1. The highest BCUT2D eigenvalue weighted by molar-refractivity contribution is 6.74. The largest absolute Gasteiger partial charge is 0.463 e. The molecular formula is C14H31NO3Si. The van der Waals surface area contributed by atoms with E-state index < -0.39 is 8.32 Å². The maximum absolute atomic E-state index is 11.5. The molecule has 114 valence electrons. The number of ether oxygens (including phenoxy) is 1. The Morgan fingerprint density at radius 1 is 1.26 bits per heavy atom. The number of carbonyl (C=O) groups excluding carboxylic acids is 1. The van der Waals surface area contributed by atoms with Crippen molar-refractivity contribution >= 4 is 14.3 Å². The standard InChI is InChI=1S/C14H31NO3Si/c1-11(2)17-13(16)9-8-12(10-15)18-19(6,7)14(3,4)5/h11-12H,8-10,15H2,1-7H3/t12-/m1/s1. The van der Waals surface area contributed by atoms with Gasteiger partial charge in [0.25, 0.3) is 0 Å². The molecule has 0 spiro atoms. The second-order valence-corrected chi connectivity index (χ2v) is 11.6. The molecule has 0 bridgehead atoms. The highest BCUT2D eigenvalue weighted by atomic mass is 28.4. The summed E-state index contributed by atoms with van der Waals surface area (Å²) in [7, 11) is -1.83. The van der Waals surface area contributed by atoms with Crippen LogP contribution in [0, 0.1) is 0 Å². The van der Waals surface area contributed by atoms with Crippen molar-refractivity contribution in [1.29, 1.82) is 0 Å². The van der Waals surface area contributed by atoms with Crippen LogP contribution in [0.4, 0.5) is 0 Å². The Balaban J connectivity index is 4.34. The fourth-order valence-electron chi connectivity index (χ4n) is 1.42. The van der Waals surface area contributed by atoms with Crippen LogP contribution in [0.15, 0.2) is 0 Å². The molecule has 0 aliphatic carbocycles. The van der Waals surface area contributed by atoms with Gasteiger partial charge in [-0.1, -0.05) is 20.8 Å². The van der Waals surface area contributed by atoms with Crippen LogP contribution in [0.2, 0.25) is 18.1 Å². The third kappa shape index (κ3) is 7.08. The molecule has 0 fully saturated rings. The number of nitrogens with two attached hydrogens (primary N) is 1. The van der Waals surface area contributed by atoms with Crippen molar-refractivity contribution in [2.24, 2.45) is 5.73 Å². The molecule has 0 aromatic heterocycles. The summed E-state index contributed by atoms with van der Waals surface area (Å²) in [5.41, 5.74) is 5.76. The number of hydrogen-bond acceptors (Lipinski definition) is 4. The van der Waals surface area contributed by atoms with Gasteiger partial charge in [0, 0.05) is 13.0 Å². The molecule has 0 radical (unpaired) electrons. The number of rotatable bonds is 7. The second kappa shape index (κ2) is 7.41. The molecular weight excluding hydrogens is 258 g/mol. The number of hydrogen-bond donors (Lipinski definition) is 1. The van der Waals surface area contributed by atoms with Gasteiger partial charge in [-0.25, -0.2) is 0 Å². The first kappa shape index (κ1) is 18.6. The Kier molecular flexibility index (Phi) is 7.25. The Bertz CT molecular complexity index is 285. The monoisotopic (exact) mass is 289 g/mol. The molecule has 0 rings (SSSR count). The Hall–Kier alpha value is -0.393. The van der Waals surface area contributed by atoms with E-state index in [4.69, 9.17) is 14.9 Å². The van der Waals surface area contributed by atoms with Gasteiger partial charge in [0.1, 0.15) is 0 Å². The molecule has 0 aliphatic heterocycles. The zero-order valence-corrected chi connectivity index (χ0v) is 14.6. The summed E-state index contributed by atoms with van der Waals surface area (Å²) >= 11 is 0. The van der Waals surface area contributed by atoms with E-state index in [9.17, 15) is 4.79 Å². The maximum Gasteiger partial charge on any atom is 0.306 e. The first-order valence-electron chi connectivity index (χ1n) is 7.07. The van der Waals surface area contributed by atoms with Gasteiger partial charge in [0.15, 0.2) is 8.32 Å². The molecule has 19 heavy (non-hydrogen) atoms. The van der Waals surface area contributed by atoms with Crippen LogP contribution in [0.25, 0.3) is 0 Å². The van der Waals surface area contributed by atoms with Crippen molar-refractivity contribution in [3.63, 3.8) is 0 Å². The van der Waals surface area contributed by atoms with E-state index in [1.807, 2.05) is 13.8 Å². The average Bonchev–Trinajstić information content (AvgIpc) is 2.21. The van der Waals surface area contributed by atoms with Gasteiger partial charge < -0.3 is 14.9 Å². The predicted molar refractivity (Wildman–Crippen MR) is 81.6 cm³/mol. The minimum absolute atomic E-state index is 0.0550. The lowest BCUT2D eigenvalue weighted by Crippen LogP contribution is -2.45. The van der Waals surface area contributed by atoms with E-state index in [0.29, 0.717) is 19.4 Å². The fourth-order valence-corrected chi connectivity index (χ4v) is 2.82. The van der Waals surface area contributed by atoms with Crippen molar-refractivity contribution in [3.8, 4) is 0 Å². The summed E-state index contributed by atoms with van der Waals surface area (Å²) < 4.78 is 11.3. The molecule has 0 heterocycles. The zero-order chi connectivity index (χ0) is 15.3. The van der Waals surface area contributed by atoms with Crippen molar-refractivity contribution in [3.05, 3.63) is 0 Å². The fraction of sp³-hybridized carbons (Fsp3) is 0.929. The second-order valence-electron chi connectivity index (χ2n) is 6.81. The van der Waals surface area contributed by atoms with E-state index >= 15 is 0 Å². The van der Waals surface area contributed by atoms with Gasteiger partial charge in [-0.05, 0) is 38.4 Å². The van der Waals surface area contributed by atoms with Crippen LogP contribution < -0.4 is 5.73 Å². The summed E-state index contributed by atoms with van der Waals surface area (Å²) in [5.74, 6) is -0.174. The third-order valence-corrected chi connectivity index (χ3v) is 8.10. The van der Waals surface area contributed by atoms with E-state index in [2.05, 4.69) is 33.9 Å². The molecule has 1 atom stereocenters. The van der Waals surface area contributed by atoms with Crippen molar-refractivity contribution < 1.29 is 14.0 Å². The van der Waals surface area contributed by atoms with Crippen LogP contribution in [-0.4, -0.2) is 33.0 Å². The van der Waals surface area contributed by atoms with Crippen LogP contribution >= 0.6 is 0 Å². The maximum atomic E-state index is 11.5. The smallest absolute Gasteiger partial charge is 0.306 e. The van der Waals surface area contributed by atoms with Crippen molar-refractivity contribution in [2.45, 2.75) is 77.8 Å². The molecule has 0 aromatic rings. The molecule has 0 unspecified atom stereocenters. The first-order chi connectivity index (χ1) is 8.49. The van der Waals surface area contributed by atoms with Crippen LogP contribution in [0.5, 0.6) is 0 Å². The molecule has 0 aromatic carbocycles. The number of esters is 1. The minimum Gasteiger partial charge on any atom is -0.463 e. The summed E-state index contributed by atoms with van der Waals surface area (Å²) in [6.07, 6.45) is 0.884. The molecule has 4 nitrogen and oxygen atoms in total. The minimum atomic E-state index is -1.83. The quantitative estimate of drug-likeness (QED) is 0.578. The molecule has 0 amide bonds. The zero-order valence-electron chi connectivity index (χ0n) is 13.6. The summed E-state index contributed by atoms with van der Waals surface area (Å²) in [6, 6.07) is 0. The molecule has 0 aliphatic rings. The van der Waals surface area contributed by atoms with Gasteiger partial charge >= 0.3 is 5.97 Å². The molecule has 0 saturated heterocycles. The molecule has 0 saturated carbocycles. The SMILES string of the molecule is CC(C)OC(=O)CC[C@H](CN)O[Si](C)(C)C(C)(C)C. The highest BCUT2D eigenvalue weighted by Crippen LogP contribution is 2.37. The predicted octanol–water partition coefficient (Wildman–Crippen LogP) is 3.07. The Morgan fingerprint density at radius 2 is 1.79 bits per heavy atom. The molecule has 2 N–H and O–H groups in total. The summed E-state index contributed by atoms with van der Waals surface area (Å²) in [4.78, 5) is 11.5. The van der Waals surface area contributed by atoms with Crippen molar-refractivity contribution in [1.82, 2.24) is 0 Å². The summed E-state index contributed by atoms with van der Waals surface area (Å²) in [5, 5.41) is 0.152. The molecule has 5 heteroatoms. The van der Waals surface area contributed by atoms with Gasteiger partial charge in [0.2, 0.25) is 0 Å². The highest BCUT2D eigenvalue weighted by Gasteiger charge is 2.38. The lowest BCUT2D eigenvalue weighted by atomic mass is 10.2.